The lowest BCUT2D eigenvalue weighted by atomic mass is 10.0. The molecule has 0 aliphatic carbocycles. The molecule has 164 valence electrons. The number of thioether (sulfide) groups is 1. The lowest BCUT2D eigenvalue weighted by Crippen LogP contribution is -2.34. The fraction of sp³-hybridized carbons (Fsp3) is 0.318. The molecule has 1 aromatic heterocycles. The van der Waals surface area contributed by atoms with Crippen molar-refractivity contribution in [3.05, 3.63) is 74.5 Å². The van der Waals surface area contributed by atoms with Crippen molar-refractivity contribution >= 4 is 52.5 Å². The smallest absolute Gasteiger partial charge is 0.253 e. The number of hydrogen-bond donors (Lipinski definition) is 1. The Hall–Kier alpha value is -1.73. The molecule has 1 amide bonds. The minimum absolute atomic E-state index is 0.0960. The van der Waals surface area contributed by atoms with Crippen LogP contribution in [-0.4, -0.2) is 20.7 Å². The van der Waals surface area contributed by atoms with Crippen LogP contribution in [0.2, 0.25) is 15.1 Å². The predicted octanol–water partition coefficient (Wildman–Crippen LogP) is 6.68. The predicted molar refractivity (Wildman–Crippen MR) is 128 cm³/mol. The Morgan fingerprint density at radius 1 is 1.06 bits per heavy atom. The molecule has 5 nitrogen and oxygen atoms in total. The van der Waals surface area contributed by atoms with Crippen LogP contribution >= 0.6 is 46.6 Å². The normalized spacial score (nSPS) is 12.2. The highest BCUT2D eigenvalue weighted by Gasteiger charge is 2.26. The maximum absolute atomic E-state index is 12.9. The average molecular weight is 498 g/mol. The molecule has 0 aliphatic heterocycles. The van der Waals surface area contributed by atoms with Gasteiger partial charge in [-0.05, 0) is 48.7 Å². The number of aromatic nitrogens is 3. The number of rotatable bonds is 8. The van der Waals surface area contributed by atoms with E-state index in [0.717, 1.165) is 22.3 Å². The van der Waals surface area contributed by atoms with Gasteiger partial charge in [-0.25, -0.2) is 0 Å². The van der Waals surface area contributed by atoms with E-state index in [4.69, 9.17) is 34.8 Å². The molecule has 9 heteroatoms. The summed E-state index contributed by atoms with van der Waals surface area (Å²) in [6, 6.07) is 12.2. The van der Waals surface area contributed by atoms with Crippen molar-refractivity contribution in [2.24, 2.45) is 5.92 Å². The second-order valence-electron chi connectivity index (χ2n) is 7.32. The Balaban J connectivity index is 1.80. The highest BCUT2D eigenvalue weighted by atomic mass is 35.5. The molecule has 0 aliphatic rings. The van der Waals surface area contributed by atoms with E-state index in [9.17, 15) is 4.79 Å². The van der Waals surface area contributed by atoms with Crippen LogP contribution in [0, 0.1) is 5.92 Å². The van der Waals surface area contributed by atoms with Gasteiger partial charge in [-0.2, -0.15) is 0 Å². The molecule has 0 spiro atoms. The van der Waals surface area contributed by atoms with E-state index in [1.54, 1.807) is 30.0 Å². The molecular formula is C22H23Cl3N4OS. The number of nitrogens with one attached hydrogen (secondary N) is 1. The number of benzene rings is 2. The Labute approximate surface area is 201 Å². The number of hydrogen-bond acceptors (Lipinski definition) is 4. The van der Waals surface area contributed by atoms with Gasteiger partial charge in [-0.3, -0.25) is 4.79 Å². The molecule has 0 bridgehead atoms. The molecule has 0 unspecified atom stereocenters. The zero-order chi connectivity index (χ0) is 22.5. The quantitative estimate of drug-likeness (QED) is 0.353. The number of amides is 1. The van der Waals surface area contributed by atoms with E-state index in [1.807, 2.05) is 49.6 Å². The number of nitrogens with zero attached hydrogens (tertiary/aromatic N) is 3. The van der Waals surface area contributed by atoms with Gasteiger partial charge in [0.05, 0.1) is 16.6 Å². The molecule has 0 saturated carbocycles. The summed E-state index contributed by atoms with van der Waals surface area (Å²) in [5.74, 6) is 1.28. The third-order valence-corrected chi connectivity index (χ3v) is 6.59. The topological polar surface area (TPSA) is 59.8 Å². The minimum Gasteiger partial charge on any atom is -0.342 e. The van der Waals surface area contributed by atoms with E-state index in [2.05, 4.69) is 15.5 Å². The molecule has 3 aromatic rings. The van der Waals surface area contributed by atoms with Gasteiger partial charge in [0.15, 0.2) is 11.0 Å². The SMILES string of the molecule is CCn1c(SCc2ccc(Cl)cc2)nnc1[C@H](NC(=O)c1ccc(Cl)cc1Cl)C(C)C. The molecule has 1 heterocycles. The molecule has 2 aromatic carbocycles. The van der Waals surface area contributed by atoms with Gasteiger partial charge in [-0.15, -0.1) is 10.2 Å². The van der Waals surface area contributed by atoms with Crippen LogP contribution < -0.4 is 5.32 Å². The average Bonchev–Trinajstić information content (AvgIpc) is 3.13. The van der Waals surface area contributed by atoms with Gasteiger partial charge < -0.3 is 9.88 Å². The first-order chi connectivity index (χ1) is 14.8. The van der Waals surface area contributed by atoms with Gasteiger partial charge in [0.2, 0.25) is 0 Å². The van der Waals surface area contributed by atoms with Crippen molar-refractivity contribution in [2.45, 2.75) is 44.3 Å². The molecule has 3 rings (SSSR count). The first-order valence-corrected chi connectivity index (χ1v) is 12.0. The third kappa shape index (κ3) is 5.95. The van der Waals surface area contributed by atoms with Crippen molar-refractivity contribution in [3.8, 4) is 0 Å². The van der Waals surface area contributed by atoms with Crippen LogP contribution in [0.3, 0.4) is 0 Å². The summed E-state index contributed by atoms with van der Waals surface area (Å²) >= 11 is 19.7. The van der Waals surface area contributed by atoms with Crippen LogP contribution in [0.4, 0.5) is 0 Å². The van der Waals surface area contributed by atoms with Crippen molar-refractivity contribution in [3.63, 3.8) is 0 Å². The summed E-state index contributed by atoms with van der Waals surface area (Å²) in [5, 5.41) is 14.2. The fourth-order valence-electron chi connectivity index (χ4n) is 3.08. The summed E-state index contributed by atoms with van der Waals surface area (Å²) in [4.78, 5) is 12.9. The summed E-state index contributed by atoms with van der Waals surface area (Å²) in [6.07, 6.45) is 0. The molecular weight excluding hydrogens is 475 g/mol. The fourth-order valence-corrected chi connectivity index (χ4v) is 4.67. The second-order valence-corrected chi connectivity index (χ2v) is 9.54. The van der Waals surface area contributed by atoms with Crippen molar-refractivity contribution in [2.75, 3.05) is 0 Å². The van der Waals surface area contributed by atoms with Gasteiger partial charge in [-0.1, -0.05) is 72.5 Å². The summed E-state index contributed by atoms with van der Waals surface area (Å²) in [7, 11) is 0. The second kappa shape index (κ2) is 10.7. The first-order valence-electron chi connectivity index (χ1n) is 9.86. The maximum Gasteiger partial charge on any atom is 0.253 e. The third-order valence-electron chi connectivity index (χ3n) is 4.75. The molecule has 1 atom stereocenters. The zero-order valence-corrected chi connectivity index (χ0v) is 20.5. The molecule has 0 saturated heterocycles. The van der Waals surface area contributed by atoms with Gasteiger partial charge in [0.25, 0.3) is 5.91 Å². The Morgan fingerprint density at radius 2 is 1.74 bits per heavy atom. The first kappa shape index (κ1) is 23.9. The van der Waals surface area contributed by atoms with Crippen LogP contribution in [0.25, 0.3) is 0 Å². The Bertz CT molecular complexity index is 1050. The van der Waals surface area contributed by atoms with Crippen molar-refractivity contribution < 1.29 is 4.79 Å². The largest absolute Gasteiger partial charge is 0.342 e. The lowest BCUT2D eigenvalue weighted by Gasteiger charge is -2.23. The summed E-state index contributed by atoms with van der Waals surface area (Å²) in [6.45, 7) is 6.79. The van der Waals surface area contributed by atoms with Gasteiger partial charge >= 0.3 is 0 Å². The summed E-state index contributed by atoms with van der Waals surface area (Å²) in [5.41, 5.74) is 1.52. The molecule has 0 radical (unpaired) electrons. The lowest BCUT2D eigenvalue weighted by molar-refractivity contribution is 0.0922. The monoisotopic (exact) mass is 496 g/mol. The standard InChI is InChI=1S/C22H23Cl3N4OS/c1-4-29-20(27-28-22(29)31-12-14-5-7-15(23)8-6-14)19(13(2)3)26-21(30)17-10-9-16(24)11-18(17)25/h5-11,13,19H,4,12H2,1-3H3,(H,26,30)/t19-/m1/s1. The van der Waals surface area contributed by atoms with Gasteiger partial charge in [0.1, 0.15) is 0 Å². The van der Waals surface area contributed by atoms with E-state index >= 15 is 0 Å². The van der Waals surface area contributed by atoms with Gasteiger partial charge in [0, 0.05) is 22.3 Å². The van der Waals surface area contributed by atoms with Crippen LogP contribution in [0.5, 0.6) is 0 Å². The van der Waals surface area contributed by atoms with Crippen LogP contribution in [0.15, 0.2) is 47.6 Å². The van der Waals surface area contributed by atoms with E-state index in [0.29, 0.717) is 27.2 Å². The number of carbonyl (C=O) groups is 1. The number of halogens is 3. The molecule has 1 N–H and O–H groups in total. The van der Waals surface area contributed by atoms with Crippen LogP contribution in [-0.2, 0) is 12.3 Å². The number of carbonyl (C=O) groups excluding carboxylic acids is 1. The van der Waals surface area contributed by atoms with E-state index in [1.165, 1.54) is 0 Å². The summed E-state index contributed by atoms with van der Waals surface area (Å²) < 4.78 is 2.04. The van der Waals surface area contributed by atoms with Crippen LogP contribution in [0.1, 0.15) is 48.6 Å². The minimum atomic E-state index is -0.323. The Morgan fingerprint density at radius 3 is 2.35 bits per heavy atom. The Kier molecular flexibility index (Phi) is 8.28. The highest BCUT2D eigenvalue weighted by molar-refractivity contribution is 7.98. The maximum atomic E-state index is 12.9. The molecule has 0 fully saturated rings. The highest BCUT2D eigenvalue weighted by Crippen LogP contribution is 2.28. The van der Waals surface area contributed by atoms with E-state index < -0.39 is 0 Å². The van der Waals surface area contributed by atoms with E-state index in [-0.39, 0.29) is 17.9 Å². The molecule has 31 heavy (non-hydrogen) atoms. The zero-order valence-electron chi connectivity index (χ0n) is 17.4. The van der Waals surface area contributed by atoms with Crippen molar-refractivity contribution in [1.29, 1.82) is 0 Å². The van der Waals surface area contributed by atoms with Crippen molar-refractivity contribution in [1.82, 2.24) is 20.1 Å².